The predicted octanol–water partition coefficient (Wildman–Crippen LogP) is 2.56. The molecule has 0 saturated heterocycles. The van der Waals surface area contributed by atoms with Crippen molar-refractivity contribution in [1.82, 2.24) is 4.90 Å². The van der Waals surface area contributed by atoms with E-state index in [-0.39, 0.29) is 15.8 Å². The second-order valence-corrected chi connectivity index (χ2v) is 7.41. The van der Waals surface area contributed by atoms with Crippen LogP contribution in [-0.4, -0.2) is 25.8 Å². The number of rotatable bonds is 1. The Bertz CT molecular complexity index is 628. The quantitative estimate of drug-likeness (QED) is 0.747. The van der Waals surface area contributed by atoms with Crippen LogP contribution in [0.25, 0.3) is 0 Å². The number of hydrogen-bond donors (Lipinski definition) is 0. The molecular weight excluding hydrogens is 309 g/mol. The molecule has 0 aromatic heterocycles. The van der Waals surface area contributed by atoms with Gasteiger partial charge in [0.05, 0.1) is 5.02 Å². The van der Waals surface area contributed by atoms with Crippen LogP contribution in [-0.2, 0) is 26.8 Å². The zero-order chi connectivity index (χ0) is 14.2. The highest BCUT2D eigenvalue weighted by Gasteiger charge is 2.24. The minimum Gasteiger partial charge on any atom is -0.339 e. The Morgan fingerprint density at radius 1 is 1.37 bits per heavy atom. The summed E-state index contributed by atoms with van der Waals surface area (Å²) < 4.78 is 22.9. The topological polar surface area (TPSA) is 54.5 Å². The number of fused-ring (bicyclic) bond motifs is 1. The lowest BCUT2D eigenvalue weighted by atomic mass is 10.0. The van der Waals surface area contributed by atoms with E-state index in [4.69, 9.17) is 22.3 Å². The van der Waals surface area contributed by atoms with E-state index in [1.165, 1.54) is 13.0 Å². The van der Waals surface area contributed by atoms with Crippen LogP contribution < -0.4 is 0 Å². The van der Waals surface area contributed by atoms with Gasteiger partial charge in [-0.05, 0) is 30.0 Å². The molecule has 0 aliphatic carbocycles. The number of amides is 1. The van der Waals surface area contributed by atoms with Crippen molar-refractivity contribution in [2.45, 2.75) is 31.2 Å². The van der Waals surface area contributed by atoms with Crippen molar-refractivity contribution in [3.05, 3.63) is 28.3 Å². The molecule has 2 rings (SSSR count). The van der Waals surface area contributed by atoms with Gasteiger partial charge in [0.15, 0.2) is 0 Å². The van der Waals surface area contributed by atoms with Crippen molar-refractivity contribution in [2.24, 2.45) is 0 Å². The van der Waals surface area contributed by atoms with Crippen LogP contribution in [0.1, 0.15) is 24.5 Å². The number of carbonyl (C=O) groups is 1. The molecule has 0 atom stereocenters. The van der Waals surface area contributed by atoms with E-state index in [2.05, 4.69) is 0 Å². The van der Waals surface area contributed by atoms with Gasteiger partial charge in [-0.25, -0.2) is 8.42 Å². The minimum absolute atomic E-state index is 0.0527. The Labute approximate surface area is 121 Å². The van der Waals surface area contributed by atoms with Crippen LogP contribution in [0.3, 0.4) is 0 Å². The first kappa shape index (κ1) is 14.6. The molecule has 4 nitrogen and oxygen atoms in total. The van der Waals surface area contributed by atoms with Crippen molar-refractivity contribution in [1.29, 1.82) is 0 Å². The fourth-order valence-corrected chi connectivity index (χ4v) is 3.85. The number of carbonyl (C=O) groups excluding carboxylic acids is 1. The molecule has 0 spiro atoms. The Kier molecular flexibility index (Phi) is 4.08. The van der Waals surface area contributed by atoms with Crippen LogP contribution in [0.2, 0.25) is 5.02 Å². The normalized spacial score (nSPS) is 15.8. The molecule has 1 amide bonds. The van der Waals surface area contributed by atoms with Gasteiger partial charge in [-0.3, -0.25) is 4.79 Å². The maximum Gasteiger partial charge on any atom is 0.262 e. The minimum atomic E-state index is -3.88. The van der Waals surface area contributed by atoms with Crippen molar-refractivity contribution >= 4 is 37.2 Å². The van der Waals surface area contributed by atoms with E-state index < -0.39 is 9.05 Å². The Hall–Kier alpha value is -0.780. The summed E-state index contributed by atoms with van der Waals surface area (Å²) in [5.74, 6) is -0.0527. The van der Waals surface area contributed by atoms with Gasteiger partial charge in [0, 0.05) is 30.7 Å². The van der Waals surface area contributed by atoms with Gasteiger partial charge < -0.3 is 4.90 Å². The third-order valence-corrected chi connectivity index (χ3v) is 5.14. The zero-order valence-electron chi connectivity index (χ0n) is 10.3. The van der Waals surface area contributed by atoms with Crippen LogP contribution in [0.15, 0.2) is 17.0 Å². The van der Waals surface area contributed by atoms with Crippen LogP contribution in [0, 0.1) is 0 Å². The molecular formula is C12H13Cl2NO3S. The number of nitrogens with zero attached hydrogens (tertiary/aromatic N) is 1. The Morgan fingerprint density at radius 3 is 2.63 bits per heavy atom. The molecule has 1 aromatic carbocycles. The first-order valence-corrected chi connectivity index (χ1v) is 8.50. The molecule has 1 aromatic rings. The molecule has 0 N–H and O–H groups in total. The largest absolute Gasteiger partial charge is 0.339 e. The fourth-order valence-electron chi connectivity index (χ4n) is 2.23. The fraction of sp³-hybridized carbons (Fsp3) is 0.417. The standard InChI is InChI=1S/C12H13Cl2NO3S/c1-8(16)15-6-2-3-9-4-5-11(19(14,17)18)12(13)10(9)7-15/h4-5H,2-3,6-7H2,1H3. The van der Waals surface area contributed by atoms with E-state index in [1.807, 2.05) is 0 Å². The van der Waals surface area contributed by atoms with E-state index in [9.17, 15) is 13.2 Å². The highest BCUT2D eigenvalue weighted by Crippen LogP contribution is 2.33. The van der Waals surface area contributed by atoms with E-state index in [0.29, 0.717) is 18.7 Å². The zero-order valence-corrected chi connectivity index (χ0v) is 12.6. The van der Waals surface area contributed by atoms with Gasteiger partial charge in [0.2, 0.25) is 5.91 Å². The SMILES string of the molecule is CC(=O)N1CCCc2ccc(S(=O)(=O)Cl)c(Cl)c2C1. The van der Waals surface area contributed by atoms with Crippen LogP contribution in [0.4, 0.5) is 0 Å². The average molecular weight is 322 g/mol. The lowest BCUT2D eigenvalue weighted by molar-refractivity contribution is -0.129. The van der Waals surface area contributed by atoms with Gasteiger partial charge in [-0.1, -0.05) is 17.7 Å². The van der Waals surface area contributed by atoms with E-state index >= 15 is 0 Å². The maximum absolute atomic E-state index is 11.5. The molecule has 0 fully saturated rings. The highest BCUT2D eigenvalue weighted by molar-refractivity contribution is 8.13. The lowest BCUT2D eigenvalue weighted by Gasteiger charge is -2.19. The van der Waals surface area contributed by atoms with Gasteiger partial charge in [0.25, 0.3) is 9.05 Å². The molecule has 1 aliphatic heterocycles. The number of hydrogen-bond acceptors (Lipinski definition) is 3. The Morgan fingerprint density at radius 2 is 2.05 bits per heavy atom. The summed E-state index contributed by atoms with van der Waals surface area (Å²) >= 11 is 6.15. The smallest absolute Gasteiger partial charge is 0.262 e. The molecule has 0 bridgehead atoms. The van der Waals surface area contributed by atoms with Crippen molar-refractivity contribution in [2.75, 3.05) is 6.54 Å². The van der Waals surface area contributed by atoms with E-state index in [1.54, 1.807) is 11.0 Å². The molecule has 1 heterocycles. The predicted molar refractivity (Wildman–Crippen MR) is 73.9 cm³/mol. The average Bonchev–Trinajstić information content (AvgIpc) is 2.50. The summed E-state index contributed by atoms with van der Waals surface area (Å²) in [6, 6.07) is 3.15. The van der Waals surface area contributed by atoms with Crippen LogP contribution in [0.5, 0.6) is 0 Å². The summed E-state index contributed by atoms with van der Waals surface area (Å²) in [5.41, 5.74) is 1.65. The van der Waals surface area contributed by atoms with Gasteiger partial charge >= 0.3 is 0 Å². The van der Waals surface area contributed by atoms with Crippen molar-refractivity contribution in [3.8, 4) is 0 Å². The summed E-state index contributed by atoms with van der Waals surface area (Å²) in [5, 5.41) is 0.126. The first-order valence-electron chi connectivity index (χ1n) is 5.81. The molecule has 7 heteroatoms. The van der Waals surface area contributed by atoms with E-state index in [0.717, 1.165) is 18.4 Å². The first-order chi connectivity index (χ1) is 8.80. The molecule has 0 radical (unpaired) electrons. The molecule has 1 aliphatic rings. The molecule has 19 heavy (non-hydrogen) atoms. The summed E-state index contributed by atoms with van der Waals surface area (Å²) in [7, 11) is 1.47. The third kappa shape index (κ3) is 3.04. The number of halogens is 2. The van der Waals surface area contributed by atoms with Crippen molar-refractivity contribution < 1.29 is 13.2 Å². The molecule has 0 saturated carbocycles. The monoisotopic (exact) mass is 321 g/mol. The summed E-state index contributed by atoms with van der Waals surface area (Å²) in [6.07, 6.45) is 1.59. The van der Waals surface area contributed by atoms with Crippen molar-refractivity contribution in [3.63, 3.8) is 0 Å². The number of aryl methyl sites for hydroxylation is 1. The summed E-state index contributed by atoms with van der Waals surface area (Å²) in [6.45, 7) is 2.45. The number of benzene rings is 1. The molecule has 0 unspecified atom stereocenters. The Balaban J connectivity index is 2.54. The van der Waals surface area contributed by atoms with Gasteiger partial charge in [0.1, 0.15) is 4.90 Å². The third-order valence-electron chi connectivity index (χ3n) is 3.24. The maximum atomic E-state index is 11.5. The highest BCUT2D eigenvalue weighted by atomic mass is 35.7. The lowest BCUT2D eigenvalue weighted by Crippen LogP contribution is -2.28. The van der Waals surface area contributed by atoms with Gasteiger partial charge in [-0.15, -0.1) is 0 Å². The summed E-state index contributed by atoms with van der Waals surface area (Å²) in [4.78, 5) is 13.1. The second kappa shape index (κ2) is 5.31. The molecule has 104 valence electrons. The van der Waals surface area contributed by atoms with Gasteiger partial charge in [-0.2, -0.15) is 0 Å². The second-order valence-electron chi connectivity index (χ2n) is 4.50. The van der Waals surface area contributed by atoms with Crippen LogP contribution >= 0.6 is 22.3 Å².